The van der Waals surface area contributed by atoms with Gasteiger partial charge in [-0.15, -0.1) is 0 Å². The number of H-pyrrole nitrogens is 1. The van der Waals surface area contributed by atoms with Crippen LogP contribution >= 0.6 is 15.9 Å². The van der Waals surface area contributed by atoms with Gasteiger partial charge < -0.3 is 10.3 Å². The number of rotatable bonds is 4. The summed E-state index contributed by atoms with van der Waals surface area (Å²) in [5.74, 6) is 1.06. The number of aromatic nitrogens is 3. The molecule has 0 saturated carbocycles. The number of hydrogen-bond acceptors (Lipinski definition) is 4. The maximum Gasteiger partial charge on any atom is 0.111 e. The fourth-order valence-electron chi connectivity index (χ4n) is 3.97. The van der Waals surface area contributed by atoms with Gasteiger partial charge in [0, 0.05) is 40.5 Å². The van der Waals surface area contributed by atoms with E-state index < -0.39 is 0 Å². The Balaban J connectivity index is 1.59. The predicted octanol–water partition coefficient (Wildman–Crippen LogP) is 5.16. The molecule has 0 fully saturated rings. The van der Waals surface area contributed by atoms with Gasteiger partial charge in [-0.25, -0.2) is 4.98 Å². The summed E-state index contributed by atoms with van der Waals surface area (Å²) in [5, 5.41) is 3.21. The van der Waals surface area contributed by atoms with Crippen molar-refractivity contribution in [3.63, 3.8) is 0 Å². The highest BCUT2D eigenvalue weighted by molar-refractivity contribution is 9.10. The molecule has 1 aliphatic carbocycles. The lowest BCUT2D eigenvalue weighted by Gasteiger charge is -2.28. The van der Waals surface area contributed by atoms with E-state index in [1.807, 2.05) is 36.7 Å². The van der Waals surface area contributed by atoms with Crippen LogP contribution in [-0.4, -0.2) is 21.2 Å². The fourth-order valence-corrected chi connectivity index (χ4v) is 4.37. The van der Waals surface area contributed by atoms with Crippen molar-refractivity contribution in [2.45, 2.75) is 18.4 Å². The first-order valence-corrected chi connectivity index (χ1v) is 9.94. The maximum atomic E-state index is 4.96. The molecular formula is C22H18BrN5. The third-order valence-electron chi connectivity index (χ3n) is 5.16. The Bertz CT molecular complexity index is 1130. The Hall–Kier alpha value is -2.99. The number of benzene rings is 1. The lowest BCUT2D eigenvalue weighted by molar-refractivity contribution is 0.607. The summed E-state index contributed by atoms with van der Waals surface area (Å²) < 4.78 is 1.03. The number of anilines is 1. The van der Waals surface area contributed by atoms with Crippen molar-refractivity contribution < 1.29 is 0 Å². The second kappa shape index (κ2) is 6.87. The highest BCUT2D eigenvalue weighted by atomic mass is 79.9. The van der Waals surface area contributed by atoms with E-state index in [1.54, 1.807) is 6.20 Å². The van der Waals surface area contributed by atoms with Crippen molar-refractivity contribution in [2.24, 2.45) is 4.99 Å². The average Bonchev–Trinajstić information content (AvgIpc) is 3.14. The van der Waals surface area contributed by atoms with E-state index in [-0.39, 0.29) is 12.0 Å². The van der Waals surface area contributed by atoms with Crippen molar-refractivity contribution in [1.82, 2.24) is 15.0 Å². The van der Waals surface area contributed by atoms with Crippen LogP contribution in [0.25, 0.3) is 11.3 Å². The predicted molar refractivity (Wildman–Crippen MR) is 116 cm³/mol. The monoisotopic (exact) mass is 431 g/mol. The number of allylic oxidation sites excluding steroid dienone is 1. The molecule has 0 amide bonds. The quantitative estimate of drug-likeness (QED) is 0.599. The largest absolute Gasteiger partial charge is 0.362 e. The minimum absolute atomic E-state index is 0.00543. The smallest absolute Gasteiger partial charge is 0.111 e. The van der Waals surface area contributed by atoms with Gasteiger partial charge in [-0.2, -0.15) is 0 Å². The van der Waals surface area contributed by atoms with E-state index in [9.17, 15) is 0 Å². The molecule has 2 unspecified atom stereocenters. The molecule has 1 aromatic carbocycles. The van der Waals surface area contributed by atoms with E-state index in [2.05, 4.69) is 61.0 Å². The molecule has 2 atom stereocenters. The number of nitrogens with one attached hydrogen (secondary N) is 2. The summed E-state index contributed by atoms with van der Waals surface area (Å²) in [6.07, 6.45) is 10.2. The number of aliphatic imine (C=N–C) groups is 1. The molecule has 138 valence electrons. The zero-order valence-electron chi connectivity index (χ0n) is 15.1. The lowest BCUT2D eigenvalue weighted by atomic mass is 9.82. The molecule has 2 aromatic heterocycles. The molecule has 28 heavy (non-hydrogen) atoms. The standard InChI is InChI=1S/C22H18BrN5/c1-2-24-17-8-7-14(23)11-13(17)12-18-27-21-15-5-3-9-25-19(15)20-16(22(21)28-18)6-4-10-26-20/h2-11,15,19,24H,1,12H2,(H,27,28). The highest BCUT2D eigenvalue weighted by Gasteiger charge is 2.36. The second-order valence-electron chi connectivity index (χ2n) is 6.86. The van der Waals surface area contributed by atoms with E-state index in [0.717, 1.165) is 44.2 Å². The molecule has 3 aromatic rings. The van der Waals surface area contributed by atoms with Crippen molar-refractivity contribution in [3.05, 3.63) is 88.7 Å². The third kappa shape index (κ3) is 2.81. The number of nitrogens with zero attached hydrogens (tertiary/aromatic N) is 3. The van der Waals surface area contributed by atoms with Crippen molar-refractivity contribution in [3.8, 4) is 11.3 Å². The number of aromatic amines is 1. The first-order chi connectivity index (χ1) is 13.7. The third-order valence-corrected chi connectivity index (χ3v) is 5.66. The van der Waals surface area contributed by atoms with Crippen LogP contribution in [0.3, 0.4) is 0 Å². The molecule has 0 bridgehead atoms. The molecule has 0 spiro atoms. The number of fused-ring (bicyclic) bond motifs is 6. The van der Waals surface area contributed by atoms with Crippen LogP contribution in [0.15, 0.2) is 70.9 Å². The van der Waals surface area contributed by atoms with Crippen LogP contribution in [-0.2, 0) is 6.42 Å². The summed E-state index contributed by atoms with van der Waals surface area (Å²) in [4.78, 5) is 17.8. The van der Waals surface area contributed by atoms with Gasteiger partial charge >= 0.3 is 0 Å². The van der Waals surface area contributed by atoms with Crippen LogP contribution in [0.4, 0.5) is 5.69 Å². The SMILES string of the molecule is C=CNc1ccc(Br)cc1Cc1nc2c([nH]1)C1C=CC=NC1c1ncccc1-2. The van der Waals surface area contributed by atoms with Crippen molar-refractivity contribution >= 4 is 27.8 Å². The van der Waals surface area contributed by atoms with Gasteiger partial charge in [-0.3, -0.25) is 9.98 Å². The minimum Gasteiger partial charge on any atom is -0.362 e. The zero-order chi connectivity index (χ0) is 19.1. The molecule has 3 heterocycles. The van der Waals surface area contributed by atoms with Gasteiger partial charge in [0.1, 0.15) is 11.9 Å². The molecular weight excluding hydrogens is 414 g/mol. The Kier molecular flexibility index (Phi) is 4.20. The average molecular weight is 432 g/mol. The molecule has 5 nitrogen and oxygen atoms in total. The molecule has 2 aliphatic rings. The van der Waals surface area contributed by atoms with E-state index in [1.165, 1.54) is 0 Å². The summed E-state index contributed by atoms with van der Waals surface area (Å²) in [5.41, 5.74) is 6.31. The van der Waals surface area contributed by atoms with Crippen molar-refractivity contribution in [1.29, 1.82) is 0 Å². The van der Waals surface area contributed by atoms with E-state index in [0.29, 0.717) is 6.42 Å². The molecule has 1 aliphatic heterocycles. The van der Waals surface area contributed by atoms with Gasteiger partial charge in [-0.1, -0.05) is 28.6 Å². The lowest BCUT2D eigenvalue weighted by Crippen LogP contribution is -2.18. The van der Waals surface area contributed by atoms with Crippen LogP contribution < -0.4 is 5.32 Å². The second-order valence-corrected chi connectivity index (χ2v) is 7.78. The Morgan fingerprint density at radius 2 is 2.21 bits per heavy atom. The number of hydrogen-bond donors (Lipinski definition) is 2. The van der Waals surface area contributed by atoms with Gasteiger partial charge in [0.15, 0.2) is 0 Å². The normalized spacial score (nSPS) is 18.9. The summed E-state index contributed by atoms with van der Waals surface area (Å²) >= 11 is 3.57. The van der Waals surface area contributed by atoms with Crippen molar-refractivity contribution in [2.75, 3.05) is 5.32 Å². The molecule has 6 heteroatoms. The molecule has 2 N–H and O–H groups in total. The number of dihydropyridines is 1. The number of pyridine rings is 1. The first kappa shape index (κ1) is 17.1. The summed E-state index contributed by atoms with van der Waals surface area (Å²) in [6.45, 7) is 3.78. The zero-order valence-corrected chi connectivity index (χ0v) is 16.6. The molecule has 5 rings (SSSR count). The molecule has 0 radical (unpaired) electrons. The van der Waals surface area contributed by atoms with Gasteiger partial charge in [-0.05, 0) is 48.2 Å². The topological polar surface area (TPSA) is 66.0 Å². The number of imidazole rings is 1. The maximum absolute atomic E-state index is 4.96. The molecule has 0 saturated heterocycles. The highest BCUT2D eigenvalue weighted by Crippen LogP contribution is 2.47. The Labute approximate surface area is 171 Å². The number of halogens is 1. The van der Waals surface area contributed by atoms with Crippen LogP contribution in [0.1, 0.15) is 34.7 Å². The van der Waals surface area contributed by atoms with Crippen LogP contribution in [0, 0.1) is 0 Å². The summed E-state index contributed by atoms with van der Waals surface area (Å²) in [6, 6.07) is 10.2. The fraction of sp³-hybridized carbons (Fsp3) is 0.136. The Morgan fingerprint density at radius 1 is 1.29 bits per heavy atom. The first-order valence-electron chi connectivity index (χ1n) is 9.14. The van der Waals surface area contributed by atoms with Gasteiger partial charge in [0.25, 0.3) is 0 Å². The van der Waals surface area contributed by atoms with Gasteiger partial charge in [0.05, 0.1) is 17.1 Å². The van der Waals surface area contributed by atoms with Gasteiger partial charge in [0.2, 0.25) is 0 Å². The van der Waals surface area contributed by atoms with Crippen LogP contribution in [0.5, 0.6) is 0 Å². The van der Waals surface area contributed by atoms with Crippen LogP contribution in [0.2, 0.25) is 0 Å². The van der Waals surface area contributed by atoms with E-state index >= 15 is 0 Å². The Morgan fingerprint density at radius 3 is 3.11 bits per heavy atom. The van der Waals surface area contributed by atoms with E-state index in [4.69, 9.17) is 4.98 Å². The summed E-state index contributed by atoms with van der Waals surface area (Å²) in [7, 11) is 0. The minimum atomic E-state index is 0.00543.